The fraction of sp³-hybridized carbons (Fsp3) is 1.00. The van der Waals surface area contributed by atoms with Gasteiger partial charge in [0.2, 0.25) is 0 Å². The second-order valence-corrected chi connectivity index (χ2v) is 3.38. The Bertz CT molecular complexity index is 114. The average molecular weight is 172 g/mol. The van der Waals surface area contributed by atoms with E-state index >= 15 is 0 Å². The lowest BCUT2D eigenvalue weighted by molar-refractivity contribution is 0.0478. The quantitative estimate of drug-likeness (QED) is 0.435. The van der Waals surface area contributed by atoms with Crippen molar-refractivity contribution < 1.29 is 9.47 Å². The molecule has 0 aromatic carbocycles. The Morgan fingerprint density at radius 3 is 2.58 bits per heavy atom. The predicted octanol–water partition coefficient (Wildman–Crippen LogP) is 2.72. The van der Waals surface area contributed by atoms with Crippen molar-refractivity contribution in [2.75, 3.05) is 6.61 Å². The molecule has 0 aromatic rings. The summed E-state index contributed by atoms with van der Waals surface area (Å²) in [6, 6.07) is 0. The van der Waals surface area contributed by atoms with Crippen molar-refractivity contribution in [2.45, 2.75) is 58.3 Å². The third-order valence-electron chi connectivity index (χ3n) is 2.22. The fourth-order valence-electron chi connectivity index (χ4n) is 1.29. The van der Waals surface area contributed by atoms with Gasteiger partial charge in [0.25, 0.3) is 0 Å². The second kappa shape index (κ2) is 5.55. The second-order valence-electron chi connectivity index (χ2n) is 3.38. The average Bonchev–Trinajstić information content (AvgIpc) is 2.83. The molecule has 12 heavy (non-hydrogen) atoms. The Labute approximate surface area is 75.2 Å². The minimum absolute atomic E-state index is 0.136. The molecular weight excluding hydrogens is 152 g/mol. The van der Waals surface area contributed by atoms with Crippen LogP contribution >= 0.6 is 0 Å². The third-order valence-corrected chi connectivity index (χ3v) is 2.22. The molecule has 2 nitrogen and oxygen atoms in total. The molecule has 0 spiro atoms. The van der Waals surface area contributed by atoms with Crippen LogP contribution in [0.5, 0.6) is 0 Å². The van der Waals surface area contributed by atoms with Crippen LogP contribution in [-0.2, 0) is 9.47 Å². The van der Waals surface area contributed by atoms with E-state index in [2.05, 4.69) is 13.8 Å². The molecule has 0 bridgehead atoms. The molecule has 2 unspecified atom stereocenters. The van der Waals surface area contributed by atoms with Crippen molar-refractivity contribution in [2.24, 2.45) is 0 Å². The molecule has 72 valence electrons. The van der Waals surface area contributed by atoms with Crippen molar-refractivity contribution in [3.05, 3.63) is 0 Å². The predicted molar refractivity (Wildman–Crippen MR) is 49.0 cm³/mol. The fourth-order valence-corrected chi connectivity index (χ4v) is 1.29. The van der Waals surface area contributed by atoms with Crippen molar-refractivity contribution in [1.29, 1.82) is 0 Å². The first-order chi connectivity index (χ1) is 5.88. The maximum Gasteiger partial charge on any atom is 0.184 e. The summed E-state index contributed by atoms with van der Waals surface area (Å²) < 4.78 is 10.7. The molecular formula is C10H20O2. The van der Waals surface area contributed by atoms with E-state index in [9.17, 15) is 0 Å². The lowest BCUT2D eigenvalue weighted by Gasteiger charge is -1.99. The zero-order valence-corrected chi connectivity index (χ0v) is 8.21. The van der Waals surface area contributed by atoms with Crippen LogP contribution in [0.3, 0.4) is 0 Å². The van der Waals surface area contributed by atoms with E-state index in [1.54, 1.807) is 0 Å². The molecule has 0 aliphatic carbocycles. The normalized spacial score (nSPS) is 27.5. The van der Waals surface area contributed by atoms with Crippen LogP contribution in [0, 0.1) is 0 Å². The molecule has 2 atom stereocenters. The Morgan fingerprint density at radius 1 is 1.17 bits per heavy atom. The highest BCUT2D eigenvalue weighted by Gasteiger charge is 2.37. The van der Waals surface area contributed by atoms with Gasteiger partial charge in [-0.15, -0.1) is 0 Å². The van der Waals surface area contributed by atoms with Gasteiger partial charge in [0, 0.05) is 6.61 Å². The monoisotopic (exact) mass is 172 g/mol. The topological polar surface area (TPSA) is 21.8 Å². The molecule has 0 aromatic heterocycles. The minimum atomic E-state index is 0.136. The number of unbranched alkanes of at least 4 members (excludes halogenated alkanes) is 3. The molecule has 0 saturated carbocycles. The van der Waals surface area contributed by atoms with Gasteiger partial charge in [-0.1, -0.05) is 33.1 Å². The van der Waals surface area contributed by atoms with E-state index in [0.29, 0.717) is 6.10 Å². The van der Waals surface area contributed by atoms with Gasteiger partial charge in [-0.25, -0.2) is 0 Å². The molecule has 0 N–H and O–H groups in total. The van der Waals surface area contributed by atoms with E-state index in [4.69, 9.17) is 9.47 Å². The number of epoxide rings is 1. The van der Waals surface area contributed by atoms with E-state index in [-0.39, 0.29) is 6.29 Å². The van der Waals surface area contributed by atoms with Crippen LogP contribution < -0.4 is 0 Å². The summed E-state index contributed by atoms with van der Waals surface area (Å²) >= 11 is 0. The van der Waals surface area contributed by atoms with E-state index < -0.39 is 0 Å². The molecule has 0 radical (unpaired) electrons. The molecule has 1 aliphatic rings. The maximum absolute atomic E-state index is 5.48. The van der Waals surface area contributed by atoms with Crippen LogP contribution in [0.25, 0.3) is 0 Å². The van der Waals surface area contributed by atoms with Gasteiger partial charge in [-0.05, 0) is 12.8 Å². The van der Waals surface area contributed by atoms with Crippen LogP contribution in [0.15, 0.2) is 0 Å². The van der Waals surface area contributed by atoms with E-state index in [1.807, 2.05) is 0 Å². The molecule has 1 saturated heterocycles. The minimum Gasteiger partial charge on any atom is -0.350 e. The molecule has 2 heteroatoms. The maximum atomic E-state index is 5.48. The van der Waals surface area contributed by atoms with E-state index in [1.165, 1.54) is 25.7 Å². The largest absolute Gasteiger partial charge is 0.350 e. The number of ether oxygens (including phenoxy) is 2. The van der Waals surface area contributed by atoms with Gasteiger partial charge in [-0.2, -0.15) is 0 Å². The number of rotatable bonds is 7. The van der Waals surface area contributed by atoms with Gasteiger partial charge < -0.3 is 9.47 Å². The van der Waals surface area contributed by atoms with Crippen LogP contribution in [0.2, 0.25) is 0 Å². The van der Waals surface area contributed by atoms with Crippen LogP contribution in [0.1, 0.15) is 46.0 Å². The zero-order valence-electron chi connectivity index (χ0n) is 8.21. The molecule has 1 heterocycles. The number of hydrogen-bond donors (Lipinski definition) is 0. The van der Waals surface area contributed by atoms with Gasteiger partial charge in [0.15, 0.2) is 6.29 Å². The summed E-state index contributed by atoms with van der Waals surface area (Å²) in [6.45, 7) is 5.23. The van der Waals surface area contributed by atoms with Gasteiger partial charge >= 0.3 is 0 Å². The Hall–Kier alpha value is -0.0800. The van der Waals surface area contributed by atoms with Gasteiger partial charge in [0.1, 0.15) is 6.10 Å². The highest BCUT2D eigenvalue weighted by Crippen LogP contribution is 2.25. The highest BCUT2D eigenvalue weighted by molar-refractivity contribution is 4.74. The lowest BCUT2D eigenvalue weighted by atomic mass is 10.2. The summed E-state index contributed by atoms with van der Waals surface area (Å²) in [5.41, 5.74) is 0. The third kappa shape index (κ3) is 3.55. The molecule has 1 rings (SSSR count). The van der Waals surface area contributed by atoms with Crippen LogP contribution in [-0.4, -0.2) is 19.0 Å². The summed E-state index contributed by atoms with van der Waals surface area (Å²) in [5, 5.41) is 0. The summed E-state index contributed by atoms with van der Waals surface area (Å²) in [4.78, 5) is 0. The lowest BCUT2D eigenvalue weighted by Crippen LogP contribution is -2.01. The Kier molecular flexibility index (Phi) is 4.62. The molecule has 1 aliphatic heterocycles. The summed E-state index contributed by atoms with van der Waals surface area (Å²) in [7, 11) is 0. The molecule has 0 amide bonds. The standard InChI is InChI=1S/C10H20O2/c1-3-5-6-7-8-11-10-9(4-2)12-10/h9-10H,3-8H2,1-2H3. The van der Waals surface area contributed by atoms with Crippen LogP contribution in [0.4, 0.5) is 0 Å². The summed E-state index contributed by atoms with van der Waals surface area (Å²) in [5.74, 6) is 0. The SMILES string of the molecule is CCCCCCOC1OC1CC. The van der Waals surface area contributed by atoms with Crippen molar-refractivity contribution in [3.63, 3.8) is 0 Å². The first kappa shape index (κ1) is 10.0. The summed E-state index contributed by atoms with van der Waals surface area (Å²) in [6.07, 6.45) is 6.71. The van der Waals surface area contributed by atoms with Crippen molar-refractivity contribution in [1.82, 2.24) is 0 Å². The first-order valence-electron chi connectivity index (χ1n) is 5.15. The Morgan fingerprint density at radius 2 is 2.00 bits per heavy atom. The molecule has 1 fully saturated rings. The van der Waals surface area contributed by atoms with Gasteiger partial charge in [0.05, 0.1) is 0 Å². The van der Waals surface area contributed by atoms with Gasteiger partial charge in [-0.3, -0.25) is 0 Å². The zero-order chi connectivity index (χ0) is 8.81. The smallest absolute Gasteiger partial charge is 0.184 e. The highest BCUT2D eigenvalue weighted by atomic mass is 16.8. The Balaban J connectivity index is 1.78. The van der Waals surface area contributed by atoms with Crippen molar-refractivity contribution in [3.8, 4) is 0 Å². The van der Waals surface area contributed by atoms with Crippen molar-refractivity contribution >= 4 is 0 Å². The number of hydrogen-bond acceptors (Lipinski definition) is 2. The first-order valence-corrected chi connectivity index (χ1v) is 5.15. The van der Waals surface area contributed by atoms with E-state index in [0.717, 1.165) is 13.0 Å².